The van der Waals surface area contributed by atoms with E-state index in [0.717, 1.165) is 0 Å². The first-order valence-corrected chi connectivity index (χ1v) is 10.4. The van der Waals surface area contributed by atoms with Gasteiger partial charge in [0.15, 0.2) is 11.5 Å². The van der Waals surface area contributed by atoms with E-state index >= 15 is 0 Å². The summed E-state index contributed by atoms with van der Waals surface area (Å²) < 4.78 is 25.6. The van der Waals surface area contributed by atoms with E-state index in [0.29, 0.717) is 32.8 Å². The third-order valence-electron chi connectivity index (χ3n) is 4.80. The zero-order valence-electron chi connectivity index (χ0n) is 17.0. The van der Waals surface area contributed by atoms with Gasteiger partial charge in [0.05, 0.1) is 17.3 Å². The van der Waals surface area contributed by atoms with Crippen LogP contribution in [0.25, 0.3) is 6.08 Å². The number of amides is 2. The van der Waals surface area contributed by atoms with Crippen LogP contribution < -0.4 is 19.9 Å². The number of para-hydroxylation sites is 1. The molecule has 1 N–H and O–H groups in total. The van der Waals surface area contributed by atoms with Gasteiger partial charge < -0.3 is 9.47 Å². The molecular weight excluding hydrogens is 479 g/mol. The van der Waals surface area contributed by atoms with E-state index in [9.17, 15) is 14.0 Å². The molecule has 162 valence electrons. The number of halogens is 2. The number of rotatable bonds is 6. The Labute approximate surface area is 192 Å². The Kier molecular flexibility index (Phi) is 6.23. The molecule has 3 aromatic rings. The first-order chi connectivity index (χ1) is 15.5. The van der Waals surface area contributed by atoms with Crippen LogP contribution in [0.3, 0.4) is 0 Å². The van der Waals surface area contributed by atoms with E-state index in [-0.39, 0.29) is 18.0 Å². The number of nitrogens with one attached hydrogen (secondary N) is 1. The summed E-state index contributed by atoms with van der Waals surface area (Å²) in [6, 6.07) is 18.5. The van der Waals surface area contributed by atoms with Crippen LogP contribution in [-0.2, 0) is 16.2 Å². The number of hydrogen-bond donors (Lipinski definition) is 1. The first kappa shape index (κ1) is 21.6. The fourth-order valence-corrected chi connectivity index (χ4v) is 3.79. The SMILES string of the molecule is COc1cc(/C=C2/C(=O)NN(c3ccccc3)C2=O)cc(Br)c1OCc1ccccc1F. The predicted molar refractivity (Wildman–Crippen MR) is 121 cm³/mol. The van der Waals surface area contributed by atoms with Gasteiger partial charge in [-0.15, -0.1) is 0 Å². The molecule has 0 atom stereocenters. The molecule has 0 bridgehead atoms. The molecule has 0 spiro atoms. The van der Waals surface area contributed by atoms with Crippen molar-refractivity contribution in [3.8, 4) is 11.5 Å². The lowest BCUT2D eigenvalue weighted by atomic mass is 10.1. The average molecular weight is 497 g/mol. The smallest absolute Gasteiger partial charge is 0.282 e. The van der Waals surface area contributed by atoms with E-state index in [1.807, 2.05) is 6.07 Å². The maximum atomic E-state index is 13.9. The number of methoxy groups -OCH3 is 1. The van der Waals surface area contributed by atoms with Gasteiger partial charge in [-0.1, -0.05) is 36.4 Å². The molecule has 1 saturated heterocycles. The summed E-state index contributed by atoms with van der Waals surface area (Å²) >= 11 is 3.44. The second kappa shape index (κ2) is 9.23. The van der Waals surface area contributed by atoms with E-state index < -0.39 is 11.8 Å². The molecular formula is C24H18BrFN2O4. The Balaban J connectivity index is 1.60. The number of ether oxygens (including phenoxy) is 2. The highest BCUT2D eigenvalue weighted by molar-refractivity contribution is 9.10. The number of benzene rings is 3. The lowest BCUT2D eigenvalue weighted by Crippen LogP contribution is -2.35. The van der Waals surface area contributed by atoms with Gasteiger partial charge in [0, 0.05) is 5.56 Å². The standard InChI is InChI=1S/C24H18BrFN2O4/c1-31-21-13-15(12-19(25)22(21)32-14-16-7-5-6-10-20(16)26)11-18-23(29)27-28(24(18)30)17-8-3-2-4-9-17/h2-13H,14H2,1H3,(H,27,29)/b18-11-. The van der Waals surface area contributed by atoms with Crippen LogP contribution in [0.1, 0.15) is 11.1 Å². The number of hydrazine groups is 1. The van der Waals surface area contributed by atoms with Gasteiger partial charge in [-0.05, 0) is 57.9 Å². The summed E-state index contributed by atoms with van der Waals surface area (Å²) in [6.45, 7) is 0.00893. The van der Waals surface area contributed by atoms with E-state index in [1.54, 1.807) is 54.6 Å². The molecule has 4 rings (SSSR count). The quantitative estimate of drug-likeness (QED) is 0.398. The molecule has 3 aromatic carbocycles. The molecule has 8 heteroatoms. The van der Waals surface area contributed by atoms with Crippen molar-refractivity contribution in [3.63, 3.8) is 0 Å². The fourth-order valence-electron chi connectivity index (χ4n) is 3.21. The summed E-state index contributed by atoms with van der Waals surface area (Å²) in [4.78, 5) is 25.2. The Morgan fingerprint density at radius 2 is 1.78 bits per heavy atom. The zero-order chi connectivity index (χ0) is 22.7. The van der Waals surface area contributed by atoms with Crippen molar-refractivity contribution in [2.45, 2.75) is 6.61 Å². The van der Waals surface area contributed by atoms with Crippen molar-refractivity contribution in [3.05, 3.63) is 93.7 Å². The van der Waals surface area contributed by atoms with Gasteiger partial charge in [0.1, 0.15) is 18.0 Å². The van der Waals surface area contributed by atoms with Crippen molar-refractivity contribution in [2.75, 3.05) is 12.1 Å². The Morgan fingerprint density at radius 3 is 2.50 bits per heavy atom. The number of anilines is 1. The predicted octanol–water partition coefficient (Wildman–Crippen LogP) is 4.64. The van der Waals surface area contributed by atoms with Gasteiger partial charge in [0.25, 0.3) is 11.8 Å². The molecule has 1 aliphatic rings. The van der Waals surface area contributed by atoms with E-state index in [2.05, 4.69) is 21.4 Å². The Bertz CT molecular complexity index is 1210. The van der Waals surface area contributed by atoms with Crippen LogP contribution in [-0.4, -0.2) is 18.9 Å². The molecule has 1 heterocycles. The molecule has 2 amide bonds. The van der Waals surface area contributed by atoms with Crippen molar-refractivity contribution in [1.82, 2.24) is 5.43 Å². The summed E-state index contributed by atoms with van der Waals surface area (Å²) in [7, 11) is 1.47. The van der Waals surface area contributed by atoms with Crippen LogP contribution in [0.4, 0.5) is 10.1 Å². The largest absolute Gasteiger partial charge is 0.493 e. The Morgan fingerprint density at radius 1 is 1.06 bits per heavy atom. The molecule has 0 aliphatic carbocycles. The van der Waals surface area contributed by atoms with Crippen LogP contribution in [0.5, 0.6) is 11.5 Å². The minimum atomic E-state index is -0.506. The number of carbonyl (C=O) groups is 2. The molecule has 0 unspecified atom stereocenters. The second-order valence-corrected chi connectivity index (χ2v) is 7.74. The maximum Gasteiger partial charge on any atom is 0.282 e. The van der Waals surface area contributed by atoms with Crippen LogP contribution in [0, 0.1) is 5.82 Å². The molecule has 1 fully saturated rings. The molecule has 6 nitrogen and oxygen atoms in total. The van der Waals surface area contributed by atoms with Crippen molar-refractivity contribution < 1.29 is 23.5 Å². The lowest BCUT2D eigenvalue weighted by Gasteiger charge is -2.14. The third kappa shape index (κ3) is 4.36. The number of hydrogen-bond acceptors (Lipinski definition) is 4. The minimum absolute atomic E-state index is 0.00893. The minimum Gasteiger partial charge on any atom is -0.493 e. The van der Waals surface area contributed by atoms with Crippen molar-refractivity contribution in [2.24, 2.45) is 0 Å². The molecule has 0 saturated carbocycles. The van der Waals surface area contributed by atoms with Gasteiger partial charge in [-0.3, -0.25) is 15.0 Å². The van der Waals surface area contributed by atoms with Crippen molar-refractivity contribution >= 4 is 39.5 Å². The monoisotopic (exact) mass is 496 g/mol. The molecule has 0 radical (unpaired) electrons. The highest BCUT2D eigenvalue weighted by atomic mass is 79.9. The van der Waals surface area contributed by atoms with Gasteiger partial charge in [0.2, 0.25) is 0 Å². The van der Waals surface area contributed by atoms with Gasteiger partial charge in [-0.25, -0.2) is 9.40 Å². The molecule has 32 heavy (non-hydrogen) atoms. The topological polar surface area (TPSA) is 67.9 Å². The Hall–Kier alpha value is -3.65. The second-order valence-electron chi connectivity index (χ2n) is 6.89. The maximum absolute atomic E-state index is 13.9. The number of nitrogens with zero attached hydrogens (tertiary/aromatic N) is 1. The average Bonchev–Trinajstić information content (AvgIpc) is 3.08. The number of carbonyl (C=O) groups excluding carboxylic acids is 2. The van der Waals surface area contributed by atoms with E-state index in [4.69, 9.17) is 9.47 Å². The first-order valence-electron chi connectivity index (χ1n) is 9.64. The van der Waals surface area contributed by atoms with Crippen LogP contribution >= 0.6 is 15.9 Å². The summed E-state index contributed by atoms with van der Waals surface area (Å²) in [5.41, 5.74) is 4.07. The summed E-state index contributed by atoms with van der Waals surface area (Å²) in [5.74, 6) is -0.581. The van der Waals surface area contributed by atoms with E-state index in [1.165, 1.54) is 24.3 Å². The van der Waals surface area contributed by atoms with Gasteiger partial charge >= 0.3 is 0 Å². The van der Waals surface area contributed by atoms with Crippen molar-refractivity contribution in [1.29, 1.82) is 0 Å². The molecule has 1 aliphatic heterocycles. The van der Waals surface area contributed by atoms with Crippen LogP contribution in [0.15, 0.2) is 76.8 Å². The van der Waals surface area contributed by atoms with Gasteiger partial charge in [-0.2, -0.15) is 0 Å². The fraction of sp³-hybridized carbons (Fsp3) is 0.0833. The van der Waals surface area contributed by atoms with Crippen LogP contribution in [0.2, 0.25) is 0 Å². The summed E-state index contributed by atoms with van der Waals surface area (Å²) in [5, 5.41) is 1.20. The zero-order valence-corrected chi connectivity index (χ0v) is 18.6. The third-order valence-corrected chi connectivity index (χ3v) is 5.39. The normalized spacial score (nSPS) is 14.6. The highest BCUT2D eigenvalue weighted by Gasteiger charge is 2.34. The lowest BCUT2D eigenvalue weighted by molar-refractivity contribution is -0.117. The molecule has 0 aromatic heterocycles. The highest BCUT2D eigenvalue weighted by Crippen LogP contribution is 2.38. The summed E-state index contributed by atoms with van der Waals surface area (Å²) in [6.07, 6.45) is 1.48.